The Morgan fingerprint density at radius 1 is 0.938 bits per heavy atom. The van der Waals surface area contributed by atoms with E-state index >= 15 is 0 Å². The van der Waals surface area contributed by atoms with Crippen molar-refractivity contribution in [1.82, 2.24) is 29.6 Å². The Bertz CT molecular complexity index is 2290. The van der Waals surface area contributed by atoms with Crippen LogP contribution in [0.5, 0.6) is 5.75 Å². The third-order valence-corrected chi connectivity index (χ3v) is 16.2. The molecule has 4 aromatic rings. The lowest BCUT2D eigenvalue weighted by Gasteiger charge is -2.47. The molecule has 2 aromatic carbocycles. The van der Waals surface area contributed by atoms with Crippen LogP contribution in [0.4, 0.5) is 10.6 Å². The van der Waals surface area contributed by atoms with Gasteiger partial charge in [0.15, 0.2) is 0 Å². The van der Waals surface area contributed by atoms with E-state index in [1.165, 1.54) is 41.7 Å². The van der Waals surface area contributed by atoms with E-state index in [4.69, 9.17) is 31.0 Å². The molecule has 13 heteroatoms. The van der Waals surface area contributed by atoms with Crippen molar-refractivity contribution in [3.8, 4) is 16.9 Å². The van der Waals surface area contributed by atoms with Crippen molar-refractivity contribution in [3.63, 3.8) is 0 Å². The lowest BCUT2D eigenvalue weighted by Crippen LogP contribution is -2.52. The smallest absolute Gasteiger partial charge is 0.410 e. The molecule has 65 heavy (non-hydrogen) atoms. The quantitative estimate of drug-likeness (QED) is 0.157. The van der Waals surface area contributed by atoms with Gasteiger partial charge < -0.3 is 29.5 Å². The molecule has 2 aliphatic carbocycles. The molecule has 1 N–H and O–H groups in total. The normalized spacial score (nSPS) is 21.5. The van der Waals surface area contributed by atoms with Crippen LogP contribution in [0.15, 0.2) is 41.8 Å². The average Bonchev–Trinajstić information content (AvgIpc) is 3.76. The van der Waals surface area contributed by atoms with E-state index in [9.17, 15) is 9.59 Å². The van der Waals surface area contributed by atoms with Gasteiger partial charge in [-0.25, -0.2) is 14.8 Å². The zero-order valence-corrected chi connectivity index (χ0v) is 41.8. The molecule has 2 saturated carbocycles. The third kappa shape index (κ3) is 11.3. The number of nitrogens with zero attached hydrogens (tertiary/aromatic N) is 6. The van der Waals surface area contributed by atoms with Crippen LogP contribution in [0, 0.1) is 24.2 Å². The monoisotopic (exact) mass is 926 g/mol. The number of nitrogens with one attached hydrogen (secondary N) is 1. The highest BCUT2D eigenvalue weighted by Crippen LogP contribution is 2.47. The predicted octanol–water partition coefficient (Wildman–Crippen LogP) is 11.2. The Morgan fingerprint density at radius 2 is 1.65 bits per heavy atom. The van der Waals surface area contributed by atoms with Crippen molar-refractivity contribution in [2.45, 2.75) is 123 Å². The predicted molar refractivity (Wildman–Crippen MR) is 264 cm³/mol. The minimum absolute atomic E-state index is 0.00271. The van der Waals surface area contributed by atoms with Crippen molar-refractivity contribution in [2.75, 3.05) is 72.3 Å². The summed E-state index contributed by atoms with van der Waals surface area (Å²) in [7, 11) is 5.90. The molecule has 0 unspecified atom stereocenters. The van der Waals surface area contributed by atoms with Crippen molar-refractivity contribution in [3.05, 3.63) is 68.6 Å². The number of halogens is 1. The van der Waals surface area contributed by atoms with E-state index in [-0.39, 0.29) is 18.1 Å². The molecule has 0 radical (unpaired) electrons. The maximum Gasteiger partial charge on any atom is 0.410 e. The summed E-state index contributed by atoms with van der Waals surface area (Å²) in [5.41, 5.74) is 5.40. The fraction of sp³-hybridized carbons (Fsp3) is 0.615. The van der Waals surface area contributed by atoms with Crippen LogP contribution in [0.2, 0.25) is 5.02 Å². The summed E-state index contributed by atoms with van der Waals surface area (Å²) in [6.45, 7) is 17.1. The SMILES string of the molecule is COc1cc2nc(C)nc(N[C@H](C)c3cc(-c4c(Cl)cccc4CN(C)C)cs3)c2cc1C1CCC(C(=O)N2CCN(CC3CCC4(CC3)CCN(C(=O)OC(C)(C)C)CC4)CC2)CC1. The lowest BCUT2D eigenvalue weighted by molar-refractivity contribution is -0.138. The Hall–Kier alpha value is -3.97. The van der Waals surface area contributed by atoms with Gasteiger partial charge in [-0.1, -0.05) is 23.7 Å². The molecular weight excluding hydrogens is 854 g/mol. The summed E-state index contributed by atoms with van der Waals surface area (Å²) in [6, 6.07) is 12.7. The molecule has 4 aliphatic rings. The van der Waals surface area contributed by atoms with Gasteiger partial charge in [0.2, 0.25) is 5.91 Å². The Labute approximate surface area is 396 Å². The number of aryl methyl sites for hydroxylation is 1. The minimum Gasteiger partial charge on any atom is -0.496 e. The molecule has 0 bridgehead atoms. The molecular formula is C52H72ClN7O4S. The summed E-state index contributed by atoms with van der Waals surface area (Å²) in [5, 5.41) is 7.71. The number of methoxy groups -OCH3 is 1. The summed E-state index contributed by atoms with van der Waals surface area (Å²) in [4.78, 5) is 46.4. The first kappa shape index (κ1) is 47.5. The molecule has 1 spiro atoms. The number of carbonyl (C=O) groups excluding carboxylic acids is 2. The fourth-order valence-electron chi connectivity index (χ4n) is 11.1. The number of aromatic nitrogens is 2. The number of rotatable bonds is 11. The van der Waals surface area contributed by atoms with Crippen molar-refractivity contribution >= 4 is 51.7 Å². The Morgan fingerprint density at radius 3 is 2.31 bits per heavy atom. The number of amides is 2. The minimum atomic E-state index is -0.452. The second kappa shape index (κ2) is 20.1. The number of benzene rings is 2. The summed E-state index contributed by atoms with van der Waals surface area (Å²) in [5.74, 6) is 3.80. The van der Waals surface area contributed by atoms with Crippen molar-refractivity contribution in [2.24, 2.45) is 17.3 Å². The van der Waals surface area contributed by atoms with Gasteiger partial charge in [-0.15, -0.1) is 11.3 Å². The van der Waals surface area contributed by atoms with E-state index in [0.29, 0.717) is 23.1 Å². The molecule has 2 aliphatic heterocycles. The summed E-state index contributed by atoms with van der Waals surface area (Å²) >= 11 is 8.52. The summed E-state index contributed by atoms with van der Waals surface area (Å²) < 4.78 is 11.7. The molecule has 2 amide bonds. The van der Waals surface area contributed by atoms with E-state index in [2.05, 4.69) is 70.7 Å². The zero-order chi connectivity index (χ0) is 46.0. The van der Waals surface area contributed by atoms with Crippen LogP contribution in [0.25, 0.3) is 22.0 Å². The number of likely N-dealkylation sites (tertiary alicyclic amines) is 1. The second-order valence-corrected chi connectivity index (χ2v) is 22.3. The number of hydrogen-bond acceptors (Lipinski definition) is 10. The third-order valence-electron chi connectivity index (χ3n) is 14.8. The first-order valence-corrected chi connectivity index (χ1v) is 25.5. The molecule has 11 nitrogen and oxygen atoms in total. The van der Waals surface area contributed by atoms with Crippen molar-refractivity contribution in [1.29, 1.82) is 0 Å². The first-order chi connectivity index (χ1) is 31.1. The van der Waals surface area contributed by atoms with E-state index in [1.54, 1.807) is 18.4 Å². The first-order valence-electron chi connectivity index (χ1n) is 24.2. The van der Waals surface area contributed by atoms with Crippen molar-refractivity contribution < 1.29 is 19.1 Å². The van der Waals surface area contributed by atoms with Gasteiger partial charge in [-0.3, -0.25) is 9.69 Å². The van der Waals surface area contributed by atoms with E-state index in [0.717, 1.165) is 135 Å². The molecule has 352 valence electrons. The second-order valence-electron chi connectivity index (χ2n) is 20.9. The van der Waals surface area contributed by atoms with Gasteiger partial charge >= 0.3 is 6.09 Å². The number of thiophene rings is 1. The number of anilines is 1. The highest BCUT2D eigenvalue weighted by atomic mass is 35.5. The molecule has 4 fully saturated rings. The Balaban J connectivity index is 0.835. The maximum atomic E-state index is 14.0. The van der Waals surface area contributed by atoms with Gasteiger partial charge in [0, 0.05) is 85.2 Å². The van der Waals surface area contributed by atoms with Crippen LogP contribution in [0.1, 0.15) is 126 Å². The topological polar surface area (TPSA) is 103 Å². The maximum absolute atomic E-state index is 14.0. The summed E-state index contributed by atoms with van der Waals surface area (Å²) in [6.07, 6.45) is 10.7. The van der Waals surface area contributed by atoms with Gasteiger partial charge in [0.05, 0.1) is 18.7 Å². The van der Waals surface area contributed by atoms with Crippen LogP contribution in [-0.4, -0.2) is 114 Å². The molecule has 2 aromatic heterocycles. The lowest BCUT2D eigenvalue weighted by atomic mass is 9.65. The fourth-order valence-corrected chi connectivity index (χ4v) is 12.3. The highest BCUT2D eigenvalue weighted by Gasteiger charge is 2.41. The molecule has 1 atom stereocenters. The van der Waals surface area contributed by atoms with Gasteiger partial charge in [0.25, 0.3) is 0 Å². The van der Waals surface area contributed by atoms with Gasteiger partial charge in [0.1, 0.15) is 23.0 Å². The highest BCUT2D eigenvalue weighted by molar-refractivity contribution is 7.10. The van der Waals surface area contributed by atoms with Gasteiger partial charge in [-0.05, 0) is 170 Å². The standard InChI is InChI=1S/C52H72ClN7O4S/c1-34(46-28-40(33-65-46)47-39(32-57(6)7)10-9-11-43(47)53)54-48-42-29-41(45(63-8)30-44(42)55-35(2)56-48)37-12-14-38(15-13-37)49(61)59-26-24-58(25-27-59)31-36-16-18-52(19-17-36)20-22-60(23-21-52)50(62)64-51(3,4)5/h9-11,28-30,33-34,36-38H,12-27,31-32H2,1-8H3,(H,54,55,56)/t34-,37?,38?/m1/s1. The molecule has 4 heterocycles. The van der Waals surface area contributed by atoms with E-state index < -0.39 is 5.60 Å². The number of piperidine rings is 1. The number of carbonyl (C=O) groups is 2. The van der Waals surface area contributed by atoms with Crippen LogP contribution in [0.3, 0.4) is 0 Å². The largest absolute Gasteiger partial charge is 0.496 e. The van der Waals surface area contributed by atoms with Crippen LogP contribution in [-0.2, 0) is 16.1 Å². The Kier molecular flexibility index (Phi) is 14.7. The van der Waals surface area contributed by atoms with Crippen LogP contribution < -0.4 is 10.1 Å². The number of hydrogen-bond donors (Lipinski definition) is 1. The number of fused-ring (bicyclic) bond motifs is 1. The number of piperazine rings is 1. The number of ether oxygens (including phenoxy) is 2. The molecule has 8 rings (SSSR count). The zero-order valence-electron chi connectivity index (χ0n) is 40.2. The molecule has 2 saturated heterocycles. The van der Waals surface area contributed by atoms with Gasteiger partial charge in [-0.2, -0.15) is 0 Å². The van der Waals surface area contributed by atoms with Crippen LogP contribution >= 0.6 is 22.9 Å². The van der Waals surface area contributed by atoms with E-state index in [1.807, 2.05) is 44.7 Å². The average molecular weight is 927 g/mol.